The summed E-state index contributed by atoms with van der Waals surface area (Å²) in [5, 5.41) is 0. The minimum absolute atomic E-state index is 0.153. The van der Waals surface area contributed by atoms with Crippen molar-refractivity contribution in [2.75, 3.05) is 9.80 Å². The second-order valence-corrected chi connectivity index (χ2v) is 22.2. The average Bonchev–Trinajstić information content (AvgIpc) is 3.36. The first-order valence-electron chi connectivity index (χ1n) is 27.0. The third kappa shape index (κ3) is 9.64. The first-order chi connectivity index (χ1) is 35.6. The van der Waals surface area contributed by atoms with Crippen molar-refractivity contribution in [1.29, 1.82) is 0 Å². The van der Waals surface area contributed by atoms with Gasteiger partial charge in [0, 0.05) is 28.2 Å². The second kappa shape index (κ2) is 20.5. The molecule has 0 spiro atoms. The topological polar surface area (TPSA) is 6.48 Å². The highest BCUT2D eigenvalue weighted by molar-refractivity contribution is 5.85. The first kappa shape index (κ1) is 50.1. The summed E-state index contributed by atoms with van der Waals surface area (Å²) in [7, 11) is 0. The average molecular weight is 967 g/mol. The van der Waals surface area contributed by atoms with Gasteiger partial charge in [-0.2, -0.15) is 0 Å². The molecule has 0 radical (unpaired) electrons. The summed E-state index contributed by atoms with van der Waals surface area (Å²) in [6.45, 7) is 26.8. The van der Waals surface area contributed by atoms with E-state index in [2.05, 4.69) is 269 Å². The van der Waals surface area contributed by atoms with Crippen LogP contribution in [-0.2, 0) is 5.41 Å². The van der Waals surface area contributed by atoms with Gasteiger partial charge in [-0.1, -0.05) is 150 Å². The van der Waals surface area contributed by atoms with Crippen LogP contribution in [0.4, 0.5) is 34.1 Å². The monoisotopic (exact) mass is 967 g/mol. The van der Waals surface area contributed by atoms with E-state index in [0.717, 1.165) is 37.1 Å². The maximum atomic E-state index is 2.49. The Hall–Kier alpha value is -7.42. The van der Waals surface area contributed by atoms with Gasteiger partial charge in [-0.3, -0.25) is 0 Å². The lowest BCUT2D eigenvalue weighted by Crippen LogP contribution is -2.32. The number of hydrogen-bond donors (Lipinski definition) is 0. The standard InChI is InChI=1S/C72H74N2/c1-46-38-50(5)68(51(6)39-46)60-18-26-64(27-19-60)73(70-54(9)42-48(3)43-55(70)10)66-30-22-62(23-31-66)72(36-34-59(35-37-72)58-16-14-13-15-17-58)63-24-32-67(33-25-63)74(71-56(11)44-49(4)45-57(71)12)65-28-20-61(21-29-65)69-52(7)40-47(2)41-53(69)8/h13-33,38-45,59H,34-37H2,1-12H3. The van der Waals surface area contributed by atoms with Crippen LogP contribution in [0.5, 0.6) is 0 Å². The Bertz CT molecular complexity index is 3180. The van der Waals surface area contributed by atoms with Gasteiger partial charge in [-0.05, 0) is 247 Å². The van der Waals surface area contributed by atoms with E-state index >= 15 is 0 Å². The molecule has 0 bridgehead atoms. The minimum atomic E-state index is -0.153. The van der Waals surface area contributed by atoms with Gasteiger partial charge < -0.3 is 9.80 Å². The fraction of sp³-hybridized carbons (Fsp3) is 0.250. The van der Waals surface area contributed by atoms with Gasteiger partial charge in [0.05, 0.1) is 11.4 Å². The van der Waals surface area contributed by atoms with Crippen molar-refractivity contribution in [3.63, 3.8) is 0 Å². The molecule has 10 rings (SSSR count). The molecule has 0 heterocycles. The van der Waals surface area contributed by atoms with Crippen LogP contribution in [-0.4, -0.2) is 0 Å². The summed E-state index contributed by atoms with van der Waals surface area (Å²) in [5.41, 5.74) is 31.9. The van der Waals surface area contributed by atoms with E-state index in [9.17, 15) is 0 Å². The maximum absolute atomic E-state index is 2.49. The molecule has 0 amide bonds. The number of benzene rings is 9. The van der Waals surface area contributed by atoms with E-state index in [1.807, 2.05) is 0 Å². The van der Waals surface area contributed by atoms with Gasteiger partial charge in [0.15, 0.2) is 0 Å². The van der Waals surface area contributed by atoms with Gasteiger partial charge in [0.25, 0.3) is 0 Å². The van der Waals surface area contributed by atoms with Crippen LogP contribution in [0.15, 0.2) is 176 Å². The van der Waals surface area contributed by atoms with Crippen molar-refractivity contribution in [3.8, 4) is 22.3 Å². The van der Waals surface area contributed by atoms with Gasteiger partial charge in [0.1, 0.15) is 0 Å². The largest absolute Gasteiger partial charge is 0.310 e. The van der Waals surface area contributed by atoms with Crippen LogP contribution >= 0.6 is 0 Å². The van der Waals surface area contributed by atoms with Crippen molar-refractivity contribution in [2.45, 2.75) is 120 Å². The van der Waals surface area contributed by atoms with Crippen LogP contribution in [0.25, 0.3) is 22.3 Å². The van der Waals surface area contributed by atoms with Crippen molar-refractivity contribution in [3.05, 3.63) is 259 Å². The Balaban J connectivity index is 1.05. The Labute approximate surface area is 443 Å². The molecule has 1 saturated carbocycles. The molecule has 1 fully saturated rings. The van der Waals surface area contributed by atoms with Gasteiger partial charge in [0.2, 0.25) is 0 Å². The molecular weight excluding hydrogens is 893 g/mol. The molecule has 9 aromatic carbocycles. The molecular formula is C72H74N2. The molecule has 9 aromatic rings. The third-order valence-electron chi connectivity index (χ3n) is 16.4. The van der Waals surface area contributed by atoms with Gasteiger partial charge >= 0.3 is 0 Å². The highest BCUT2D eigenvalue weighted by atomic mass is 15.2. The highest BCUT2D eigenvalue weighted by Crippen LogP contribution is 2.51. The molecule has 0 unspecified atom stereocenters. The molecule has 1 aliphatic carbocycles. The number of hydrogen-bond acceptors (Lipinski definition) is 2. The van der Waals surface area contributed by atoms with E-state index in [0.29, 0.717) is 5.92 Å². The number of rotatable bonds is 11. The Morgan fingerprint density at radius 3 is 0.919 bits per heavy atom. The summed E-state index contributed by atoms with van der Waals surface area (Å²) in [6, 6.07) is 67.6. The summed E-state index contributed by atoms with van der Waals surface area (Å²) in [5.74, 6) is 0.541. The summed E-state index contributed by atoms with van der Waals surface area (Å²) in [4.78, 5) is 4.97. The Morgan fingerprint density at radius 1 is 0.324 bits per heavy atom. The molecule has 1 aliphatic rings. The zero-order chi connectivity index (χ0) is 52.0. The molecule has 0 aliphatic heterocycles. The van der Waals surface area contributed by atoms with Crippen LogP contribution in [0, 0.1) is 83.1 Å². The molecule has 372 valence electrons. The predicted molar refractivity (Wildman–Crippen MR) is 318 cm³/mol. The fourth-order valence-electron chi connectivity index (χ4n) is 13.5. The normalized spacial score (nSPS) is 13.5. The fourth-order valence-corrected chi connectivity index (χ4v) is 13.5. The number of anilines is 6. The number of nitrogens with zero attached hydrogens (tertiary/aromatic N) is 2. The van der Waals surface area contributed by atoms with E-state index in [4.69, 9.17) is 0 Å². The highest BCUT2D eigenvalue weighted by Gasteiger charge is 2.39. The molecule has 0 N–H and O–H groups in total. The summed E-state index contributed by atoms with van der Waals surface area (Å²) < 4.78 is 0. The molecule has 2 nitrogen and oxygen atoms in total. The second-order valence-electron chi connectivity index (χ2n) is 22.2. The molecule has 74 heavy (non-hydrogen) atoms. The van der Waals surface area contributed by atoms with E-state index in [-0.39, 0.29) is 5.41 Å². The van der Waals surface area contributed by atoms with Crippen LogP contribution < -0.4 is 9.80 Å². The van der Waals surface area contributed by atoms with Crippen molar-refractivity contribution in [2.24, 2.45) is 0 Å². The van der Waals surface area contributed by atoms with E-state index in [1.54, 1.807) is 0 Å². The van der Waals surface area contributed by atoms with E-state index in [1.165, 1.54) is 128 Å². The van der Waals surface area contributed by atoms with Crippen molar-refractivity contribution < 1.29 is 0 Å². The summed E-state index contributed by atoms with van der Waals surface area (Å²) in [6.07, 6.45) is 4.41. The minimum Gasteiger partial charge on any atom is -0.310 e. The Morgan fingerprint density at radius 2 is 0.608 bits per heavy atom. The maximum Gasteiger partial charge on any atom is 0.0520 e. The zero-order valence-corrected chi connectivity index (χ0v) is 46.0. The lowest BCUT2D eigenvalue weighted by atomic mass is 9.62. The van der Waals surface area contributed by atoms with Gasteiger partial charge in [-0.25, -0.2) is 0 Å². The van der Waals surface area contributed by atoms with Crippen molar-refractivity contribution >= 4 is 34.1 Å². The molecule has 0 atom stereocenters. The zero-order valence-electron chi connectivity index (χ0n) is 46.0. The third-order valence-corrected chi connectivity index (χ3v) is 16.4. The summed E-state index contributed by atoms with van der Waals surface area (Å²) >= 11 is 0. The number of aryl methyl sites for hydroxylation is 12. The van der Waals surface area contributed by atoms with Crippen LogP contribution in [0.2, 0.25) is 0 Å². The van der Waals surface area contributed by atoms with Crippen molar-refractivity contribution in [1.82, 2.24) is 0 Å². The lowest BCUT2D eigenvalue weighted by Gasteiger charge is -2.42. The SMILES string of the molecule is Cc1cc(C)c(-c2ccc(N(c3ccc(C4(c5ccc(N(c6ccc(-c7c(C)cc(C)cc7C)cc6)c6c(C)cc(C)cc6C)cc5)CCC(c5ccccc5)CC4)cc3)c3c(C)cc(C)cc3C)cc2)c(C)c1. The van der Waals surface area contributed by atoms with E-state index < -0.39 is 0 Å². The van der Waals surface area contributed by atoms with Crippen LogP contribution in [0.3, 0.4) is 0 Å². The van der Waals surface area contributed by atoms with Crippen LogP contribution in [0.1, 0.15) is 115 Å². The molecule has 0 aromatic heterocycles. The molecule has 2 heteroatoms. The molecule has 0 saturated heterocycles. The first-order valence-corrected chi connectivity index (χ1v) is 27.0. The van der Waals surface area contributed by atoms with Gasteiger partial charge in [-0.15, -0.1) is 0 Å². The smallest absolute Gasteiger partial charge is 0.0520 e. The lowest BCUT2D eigenvalue weighted by molar-refractivity contribution is 0.315. The Kier molecular flexibility index (Phi) is 13.9. The quantitative estimate of drug-likeness (QED) is 0.127. The predicted octanol–water partition coefficient (Wildman–Crippen LogP) is 20.3.